The van der Waals surface area contributed by atoms with Gasteiger partial charge >= 0.3 is 5.97 Å². The van der Waals surface area contributed by atoms with Gasteiger partial charge in [-0.2, -0.15) is 0 Å². The van der Waals surface area contributed by atoms with E-state index >= 15 is 0 Å². The molecule has 0 aliphatic heterocycles. The maximum atomic E-state index is 10.8. The third-order valence-electron chi connectivity index (χ3n) is 2.18. The van der Waals surface area contributed by atoms with Gasteiger partial charge in [0.15, 0.2) is 0 Å². The number of hydrogen-bond donors (Lipinski definition) is 1. The highest BCUT2D eigenvalue weighted by Crippen LogP contribution is 2.18. The lowest BCUT2D eigenvalue weighted by molar-refractivity contribution is 0.0697. The van der Waals surface area contributed by atoms with Crippen molar-refractivity contribution in [2.75, 3.05) is 0 Å². The summed E-state index contributed by atoms with van der Waals surface area (Å²) in [5.41, 5.74) is 2.07. The molecule has 1 aromatic carbocycles. The topological polar surface area (TPSA) is 50.2 Å². The van der Waals surface area contributed by atoms with Gasteiger partial charge in [-0.3, -0.25) is 4.98 Å². The number of carbonyl (C=O) groups is 1. The van der Waals surface area contributed by atoms with Crippen molar-refractivity contribution in [1.82, 2.24) is 4.98 Å². The monoisotopic (exact) mass is 211 g/mol. The van der Waals surface area contributed by atoms with Crippen LogP contribution in [0.25, 0.3) is 11.3 Å². The Kier molecular flexibility index (Phi) is 2.68. The van der Waals surface area contributed by atoms with Crippen molar-refractivity contribution >= 4 is 5.97 Å². The second-order valence-corrected chi connectivity index (χ2v) is 3.33. The molecule has 0 saturated carbocycles. The molecule has 1 heterocycles. The molecule has 3 nitrogen and oxygen atoms in total. The summed E-state index contributed by atoms with van der Waals surface area (Å²) in [5.74, 6) is -0.953. The van der Waals surface area contributed by atoms with E-state index in [9.17, 15) is 4.79 Å². The summed E-state index contributed by atoms with van der Waals surface area (Å²) in [5, 5.41) is 8.87. The van der Waals surface area contributed by atoms with Crippen LogP contribution in [0.4, 0.5) is 0 Å². The summed E-state index contributed by atoms with van der Waals surface area (Å²) < 4.78 is 0. The van der Waals surface area contributed by atoms with Crippen LogP contribution in [-0.4, -0.2) is 16.1 Å². The Morgan fingerprint density at radius 1 is 1.19 bits per heavy atom. The van der Waals surface area contributed by atoms with Crippen LogP contribution >= 0.6 is 0 Å². The first-order valence-corrected chi connectivity index (χ1v) is 4.73. The van der Waals surface area contributed by atoms with Gasteiger partial charge in [0, 0.05) is 18.2 Å². The lowest BCUT2D eigenvalue weighted by Gasteiger charge is -2.02. The number of hydrogen-bond acceptors (Lipinski definition) is 2. The third kappa shape index (κ3) is 2.08. The van der Waals surface area contributed by atoms with Crippen molar-refractivity contribution in [3.05, 3.63) is 60.6 Å². The Hall–Kier alpha value is -2.16. The van der Waals surface area contributed by atoms with Gasteiger partial charge in [0.25, 0.3) is 0 Å². The molecular weight excluding hydrogens is 202 g/mol. The summed E-state index contributed by atoms with van der Waals surface area (Å²) in [6.45, 7) is 5.57. The fourth-order valence-electron chi connectivity index (χ4n) is 1.42. The van der Waals surface area contributed by atoms with Gasteiger partial charge in [0.05, 0.1) is 11.3 Å². The fraction of sp³-hybridized carbons (Fsp3) is 0. The molecule has 1 N–H and O–H groups in total. The molecule has 16 heavy (non-hydrogen) atoms. The number of pyridine rings is 1. The molecule has 0 aliphatic rings. The van der Waals surface area contributed by atoms with Gasteiger partial charge < -0.3 is 5.11 Å². The largest absolute Gasteiger partial charge is 0.478 e. The van der Waals surface area contributed by atoms with E-state index in [2.05, 4.69) is 4.98 Å². The Bertz CT molecular complexity index is 535. The zero-order valence-electron chi connectivity index (χ0n) is 8.42. The van der Waals surface area contributed by atoms with E-state index in [-0.39, 0.29) is 5.56 Å². The van der Waals surface area contributed by atoms with Gasteiger partial charge in [0.1, 0.15) is 0 Å². The lowest BCUT2D eigenvalue weighted by atomic mass is 10.1. The maximum absolute atomic E-state index is 10.8. The highest BCUT2D eigenvalue weighted by atomic mass is 16.4. The van der Waals surface area contributed by atoms with Crippen molar-refractivity contribution in [1.29, 1.82) is 0 Å². The number of nitrogens with zero attached hydrogens (tertiary/aromatic N) is 1. The van der Waals surface area contributed by atoms with Crippen LogP contribution in [0, 0.1) is 6.92 Å². The van der Waals surface area contributed by atoms with Crippen molar-refractivity contribution in [2.45, 2.75) is 0 Å². The predicted octanol–water partition coefficient (Wildman–Crippen LogP) is 2.51. The van der Waals surface area contributed by atoms with E-state index < -0.39 is 5.97 Å². The Balaban J connectivity index is 2.48. The zero-order valence-corrected chi connectivity index (χ0v) is 8.42. The quantitative estimate of drug-likeness (QED) is 0.830. The molecule has 0 bridgehead atoms. The van der Waals surface area contributed by atoms with E-state index in [0.717, 1.165) is 5.56 Å². The molecule has 2 aromatic rings. The van der Waals surface area contributed by atoms with Gasteiger partial charge in [-0.05, 0) is 24.3 Å². The highest BCUT2D eigenvalue weighted by Gasteiger charge is 2.05. The standard InChI is InChI=1S/C13H9NO2/c1-9-4-2-7-12(14-9)10-5-3-6-11(8-10)13(15)16/h1-8H,(H,15,16). The van der Waals surface area contributed by atoms with E-state index in [1.54, 1.807) is 36.4 Å². The Labute approximate surface area is 93.4 Å². The van der Waals surface area contributed by atoms with Crippen molar-refractivity contribution in [2.24, 2.45) is 0 Å². The summed E-state index contributed by atoms with van der Waals surface area (Å²) in [7, 11) is 0. The molecule has 2 rings (SSSR count). The molecule has 1 aromatic heterocycles. The molecule has 0 amide bonds. The maximum Gasteiger partial charge on any atom is 0.335 e. The number of aromatic nitrogens is 1. The molecule has 0 saturated heterocycles. The van der Waals surface area contributed by atoms with Gasteiger partial charge in [-0.15, -0.1) is 0 Å². The van der Waals surface area contributed by atoms with Gasteiger partial charge in [0.2, 0.25) is 0 Å². The second-order valence-electron chi connectivity index (χ2n) is 3.33. The highest BCUT2D eigenvalue weighted by molar-refractivity contribution is 5.89. The van der Waals surface area contributed by atoms with E-state index in [1.165, 1.54) is 6.07 Å². The molecule has 0 atom stereocenters. The van der Waals surface area contributed by atoms with Crippen molar-refractivity contribution in [3.63, 3.8) is 0 Å². The summed E-state index contributed by atoms with van der Waals surface area (Å²) in [4.78, 5) is 14.9. The van der Waals surface area contributed by atoms with E-state index in [1.807, 2.05) is 0 Å². The number of aromatic carboxylic acids is 1. The smallest absolute Gasteiger partial charge is 0.335 e. The van der Waals surface area contributed by atoms with E-state index in [0.29, 0.717) is 11.4 Å². The van der Waals surface area contributed by atoms with Gasteiger partial charge in [-0.25, -0.2) is 4.79 Å². The first kappa shape index (κ1) is 10.4. The second kappa shape index (κ2) is 4.14. The summed E-state index contributed by atoms with van der Waals surface area (Å²) in [6.07, 6.45) is 0. The molecule has 2 radical (unpaired) electrons. The number of carboxylic acids is 1. The molecule has 0 spiro atoms. The predicted molar refractivity (Wildman–Crippen MR) is 60.0 cm³/mol. The van der Waals surface area contributed by atoms with Crippen molar-refractivity contribution in [3.8, 4) is 11.3 Å². The van der Waals surface area contributed by atoms with Crippen LogP contribution in [-0.2, 0) is 0 Å². The minimum Gasteiger partial charge on any atom is -0.478 e. The van der Waals surface area contributed by atoms with Crippen LogP contribution < -0.4 is 0 Å². The average Bonchev–Trinajstić information content (AvgIpc) is 2.29. The first-order chi connectivity index (χ1) is 7.66. The Morgan fingerprint density at radius 3 is 2.62 bits per heavy atom. The van der Waals surface area contributed by atoms with Crippen LogP contribution in [0.1, 0.15) is 16.1 Å². The van der Waals surface area contributed by atoms with Crippen LogP contribution in [0.15, 0.2) is 42.5 Å². The lowest BCUT2D eigenvalue weighted by Crippen LogP contribution is -1.96. The molecular formula is C13H9NO2. The molecule has 78 valence electrons. The summed E-state index contributed by atoms with van der Waals surface area (Å²) in [6, 6.07) is 11.9. The minimum absolute atomic E-state index is 0.238. The fourth-order valence-corrected chi connectivity index (χ4v) is 1.42. The van der Waals surface area contributed by atoms with Crippen LogP contribution in [0.5, 0.6) is 0 Å². The van der Waals surface area contributed by atoms with Crippen molar-refractivity contribution < 1.29 is 9.90 Å². The van der Waals surface area contributed by atoms with Gasteiger partial charge in [-0.1, -0.05) is 18.2 Å². The minimum atomic E-state index is -0.953. The zero-order chi connectivity index (χ0) is 11.5. The van der Waals surface area contributed by atoms with E-state index in [4.69, 9.17) is 12.0 Å². The first-order valence-electron chi connectivity index (χ1n) is 4.73. The molecule has 0 aliphatic carbocycles. The van der Waals surface area contributed by atoms with Crippen LogP contribution in [0.2, 0.25) is 0 Å². The average molecular weight is 211 g/mol. The number of benzene rings is 1. The van der Waals surface area contributed by atoms with Crippen LogP contribution in [0.3, 0.4) is 0 Å². The molecule has 0 unspecified atom stereocenters. The molecule has 0 fully saturated rings. The molecule has 3 heteroatoms. The normalized spacial score (nSPS) is 10.1. The number of rotatable bonds is 2. The Morgan fingerprint density at radius 2 is 1.94 bits per heavy atom. The SMILES string of the molecule is [CH]c1cccc(-c2cccc(C(=O)O)c2)n1. The third-order valence-corrected chi connectivity index (χ3v) is 2.18. The summed E-state index contributed by atoms with van der Waals surface area (Å²) >= 11 is 0. The number of carboxylic acid groups (broad SMARTS) is 1.